The molecule has 30 heavy (non-hydrogen) atoms. The van der Waals surface area contributed by atoms with Crippen molar-refractivity contribution >= 4 is 29.1 Å². The van der Waals surface area contributed by atoms with Crippen molar-refractivity contribution in [2.45, 2.75) is 25.4 Å². The summed E-state index contributed by atoms with van der Waals surface area (Å²) >= 11 is 0. The minimum atomic E-state index is -0.501. The van der Waals surface area contributed by atoms with Crippen LogP contribution in [-0.2, 0) is 14.3 Å². The maximum atomic E-state index is 13.2. The number of rotatable bonds is 8. The van der Waals surface area contributed by atoms with E-state index in [1.165, 1.54) is 4.90 Å². The number of primary amides is 1. The maximum Gasteiger partial charge on any atom is 0.258 e. The van der Waals surface area contributed by atoms with E-state index in [0.717, 1.165) is 6.42 Å². The first-order valence-electron chi connectivity index (χ1n) is 9.74. The molecule has 1 fully saturated rings. The quantitative estimate of drug-likeness (QED) is 0.693. The molecule has 0 bridgehead atoms. The molecule has 0 radical (unpaired) electrons. The average Bonchev–Trinajstić information content (AvgIpc) is 3.29. The number of benzene rings is 2. The Labute approximate surface area is 174 Å². The standard InChI is InChI=1S/C22H25N3O5/c1-29-18-9-7-17(8-10-18)25(12-11-20(23)26)22(28)15-4-2-5-16(14-15)24-21(27)19-6-3-13-30-19/h2,4-5,7-10,14,19H,3,6,11-13H2,1H3,(H2,23,26)(H,24,27). The van der Waals surface area contributed by atoms with Crippen LogP contribution in [0.1, 0.15) is 29.6 Å². The van der Waals surface area contributed by atoms with E-state index in [1.807, 2.05) is 0 Å². The molecule has 1 aliphatic rings. The number of nitrogens with one attached hydrogen (secondary N) is 1. The number of amides is 3. The van der Waals surface area contributed by atoms with Gasteiger partial charge in [0.2, 0.25) is 5.91 Å². The summed E-state index contributed by atoms with van der Waals surface area (Å²) in [6, 6.07) is 13.6. The lowest BCUT2D eigenvalue weighted by molar-refractivity contribution is -0.124. The monoisotopic (exact) mass is 411 g/mol. The Hall–Kier alpha value is -3.39. The lowest BCUT2D eigenvalue weighted by Crippen LogP contribution is -2.34. The van der Waals surface area contributed by atoms with Crippen LogP contribution in [0.25, 0.3) is 0 Å². The lowest BCUT2D eigenvalue weighted by Gasteiger charge is -2.23. The van der Waals surface area contributed by atoms with E-state index in [2.05, 4.69) is 5.32 Å². The van der Waals surface area contributed by atoms with Gasteiger partial charge in [-0.25, -0.2) is 0 Å². The molecular formula is C22H25N3O5. The molecule has 1 heterocycles. The van der Waals surface area contributed by atoms with Crippen molar-refractivity contribution in [3.63, 3.8) is 0 Å². The molecule has 158 valence electrons. The number of nitrogens with zero attached hydrogens (tertiary/aromatic N) is 1. The van der Waals surface area contributed by atoms with E-state index in [0.29, 0.717) is 35.7 Å². The van der Waals surface area contributed by atoms with Crippen molar-refractivity contribution in [3.05, 3.63) is 54.1 Å². The van der Waals surface area contributed by atoms with Gasteiger partial charge in [0.15, 0.2) is 0 Å². The molecule has 2 aromatic carbocycles. The minimum absolute atomic E-state index is 0.0210. The van der Waals surface area contributed by atoms with Crippen molar-refractivity contribution in [2.75, 3.05) is 30.5 Å². The van der Waals surface area contributed by atoms with E-state index in [-0.39, 0.29) is 24.8 Å². The molecule has 0 aliphatic carbocycles. The molecule has 8 nitrogen and oxygen atoms in total. The van der Waals surface area contributed by atoms with Crippen LogP contribution in [0, 0.1) is 0 Å². The van der Waals surface area contributed by atoms with Gasteiger partial charge in [-0.2, -0.15) is 0 Å². The summed E-state index contributed by atoms with van der Waals surface area (Å²) in [5, 5.41) is 2.80. The lowest BCUT2D eigenvalue weighted by atomic mass is 10.1. The van der Waals surface area contributed by atoms with E-state index in [1.54, 1.807) is 55.6 Å². The summed E-state index contributed by atoms with van der Waals surface area (Å²) in [6.07, 6.45) is 1.10. The van der Waals surface area contributed by atoms with Crippen molar-refractivity contribution in [2.24, 2.45) is 5.73 Å². The van der Waals surface area contributed by atoms with Crippen LogP contribution < -0.4 is 20.7 Å². The second kappa shape index (κ2) is 9.89. The molecule has 3 N–H and O–H groups in total. The van der Waals surface area contributed by atoms with Crippen LogP contribution in [0.15, 0.2) is 48.5 Å². The fourth-order valence-electron chi connectivity index (χ4n) is 3.23. The Morgan fingerprint density at radius 2 is 1.97 bits per heavy atom. The van der Waals surface area contributed by atoms with Crippen LogP contribution in [0.4, 0.5) is 11.4 Å². The normalized spacial score (nSPS) is 15.4. The molecule has 1 saturated heterocycles. The van der Waals surface area contributed by atoms with Crippen LogP contribution in [0.3, 0.4) is 0 Å². The summed E-state index contributed by atoms with van der Waals surface area (Å²) in [7, 11) is 1.56. The number of carbonyl (C=O) groups is 3. The van der Waals surface area contributed by atoms with Gasteiger partial charge >= 0.3 is 0 Å². The number of carbonyl (C=O) groups excluding carboxylic acids is 3. The van der Waals surface area contributed by atoms with Gasteiger partial charge in [-0.05, 0) is 55.3 Å². The summed E-state index contributed by atoms with van der Waals surface area (Å²) in [5.74, 6) is -0.383. The average molecular weight is 411 g/mol. The fraction of sp³-hybridized carbons (Fsp3) is 0.318. The van der Waals surface area contributed by atoms with Crippen molar-refractivity contribution in [3.8, 4) is 5.75 Å². The Bertz CT molecular complexity index is 907. The van der Waals surface area contributed by atoms with Crippen LogP contribution >= 0.6 is 0 Å². The second-order valence-corrected chi connectivity index (χ2v) is 6.94. The summed E-state index contributed by atoms with van der Waals surface area (Å²) in [6.45, 7) is 0.709. The first-order chi connectivity index (χ1) is 14.5. The van der Waals surface area contributed by atoms with Crippen LogP contribution in [-0.4, -0.2) is 44.1 Å². The Balaban J connectivity index is 1.80. The van der Waals surface area contributed by atoms with Gasteiger partial charge in [0.05, 0.1) is 7.11 Å². The fourth-order valence-corrected chi connectivity index (χ4v) is 3.23. The molecule has 1 unspecified atom stereocenters. The number of methoxy groups -OCH3 is 1. The van der Waals surface area contributed by atoms with E-state index in [4.69, 9.17) is 15.2 Å². The summed E-state index contributed by atoms with van der Waals surface area (Å²) in [4.78, 5) is 38.3. The molecule has 1 atom stereocenters. The third-order valence-corrected chi connectivity index (χ3v) is 4.81. The van der Waals surface area contributed by atoms with Crippen molar-refractivity contribution < 1.29 is 23.9 Å². The summed E-state index contributed by atoms with van der Waals surface area (Å²) < 4.78 is 10.6. The first-order valence-corrected chi connectivity index (χ1v) is 9.74. The van der Waals surface area contributed by atoms with Gasteiger partial charge in [-0.15, -0.1) is 0 Å². The Morgan fingerprint density at radius 1 is 1.20 bits per heavy atom. The van der Waals surface area contributed by atoms with Gasteiger partial charge in [0, 0.05) is 36.5 Å². The van der Waals surface area contributed by atoms with Gasteiger partial charge in [-0.1, -0.05) is 6.07 Å². The largest absolute Gasteiger partial charge is 0.497 e. The van der Waals surface area contributed by atoms with Crippen LogP contribution in [0.5, 0.6) is 5.75 Å². The van der Waals surface area contributed by atoms with E-state index in [9.17, 15) is 14.4 Å². The molecule has 3 amide bonds. The molecule has 2 aromatic rings. The van der Waals surface area contributed by atoms with Gasteiger partial charge < -0.3 is 25.4 Å². The maximum absolute atomic E-state index is 13.2. The van der Waals surface area contributed by atoms with Gasteiger partial charge in [0.25, 0.3) is 11.8 Å². The van der Waals surface area contributed by atoms with E-state index < -0.39 is 12.0 Å². The molecule has 0 aromatic heterocycles. The Kier molecular flexibility index (Phi) is 7.03. The molecule has 1 aliphatic heterocycles. The Morgan fingerprint density at radius 3 is 2.60 bits per heavy atom. The van der Waals surface area contributed by atoms with Crippen LogP contribution in [0.2, 0.25) is 0 Å². The highest BCUT2D eigenvalue weighted by Crippen LogP contribution is 2.23. The van der Waals surface area contributed by atoms with Crippen molar-refractivity contribution in [1.29, 1.82) is 0 Å². The molecular weight excluding hydrogens is 386 g/mol. The highest BCUT2D eigenvalue weighted by atomic mass is 16.5. The first kappa shape index (κ1) is 21.3. The highest BCUT2D eigenvalue weighted by molar-refractivity contribution is 6.07. The number of nitrogens with two attached hydrogens (primary N) is 1. The topological polar surface area (TPSA) is 111 Å². The predicted octanol–water partition coefficient (Wildman–Crippen LogP) is 2.33. The molecule has 3 rings (SSSR count). The van der Waals surface area contributed by atoms with Crippen molar-refractivity contribution in [1.82, 2.24) is 0 Å². The number of ether oxygens (including phenoxy) is 2. The molecule has 8 heteroatoms. The third-order valence-electron chi connectivity index (χ3n) is 4.81. The summed E-state index contributed by atoms with van der Waals surface area (Å²) in [5.41, 5.74) is 6.77. The molecule has 0 spiro atoms. The zero-order valence-corrected chi connectivity index (χ0v) is 16.8. The van der Waals surface area contributed by atoms with E-state index >= 15 is 0 Å². The number of hydrogen-bond donors (Lipinski definition) is 2. The zero-order chi connectivity index (χ0) is 21.5. The zero-order valence-electron chi connectivity index (χ0n) is 16.8. The van der Waals surface area contributed by atoms with Gasteiger partial charge in [0.1, 0.15) is 11.9 Å². The minimum Gasteiger partial charge on any atom is -0.497 e. The van der Waals surface area contributed by atoms with Gasteiger partial charge in [-0.3, -0.25) is 14.4 Å². The highest BCUT2D eigenvalue weighted by Gasteiger charge is 2.24. The number of anilines is 2. The number of hydrogen-bond acceptors (Lipinski definition) is 5. The molecule has 0 saturated carbocycles. The SMILES string of the molecule is COc1ccc(N(CCC(N)=O)C(=O)c2cccc(NC(=O)C3CCCO3)c2)cc1. The third kappa shape index (κ3) is 5.36. The predicted molar refractivity (Wildman–Crippen MR) is 113 cm³/mol. The second-order valence-electron chi connectivity index (χ2n) is 6.94. The smallest absolute Gasteiger partial charge is 0.258 e.